The first kappa shape index (κ1) is 10.4. The normalized spacial score (nSPS) is 6.62. The second-order valence-electron chi connectivity index (χ2n) is 0.896. The molecule has 0 fully saturated rings. The van der Waals surface area contributed by atoms with E-state index in [2.05, 4.69) is 4.74 Å². The van der Waals surface area contributed by atoms with Crippen LogP contribution in [0.4, 0.5) is 0 Å². The van der Waals surface area contributed by atoms with Gasteiger partial charge in [0.15, 0.2) is 0 Å². The Hall–Kier alpha value is -0.570. The number of carbonyl (C=O) groups excluding carboxylic acids is 1. The number of hydrogen-bond acceptors (Lipinski definition) is 3. The van der Waals surface area contributed by atoms with Crippen LogP contribution in [0.15, 0.2) is 0 Å². The standard InChI is InChI=1S/C4H7NO2.ClH/c1-2-7-4(6)3-5;/h3,5H,2H2,1H3;1H. The van der Waals surface area contributed by atoms with Gasteiger partial charge in [0.1, 0.15) is 6.21 Å². The molecule has 0 amide bonds. The summed E-state index contributed by atoms with van der Waals surface area (Å²) in [5, 5.41) is 6.31. The van der Waals surface area contributed by atoms with Crippen LogP contribution in [-0.4, -0.2) is 18.8 Å². The van der Waals surface area contributed by atoms with E-state index >= 15 is 0 Å². The van der Waals surface area contributed by atoms with Crippen LogP contribution in [0.2, 0.25) is 0 Å². The van der Waals surface area contributed by atoms with Gasteiger partial charge in [-0.3, -0.25) is 0 Å². The van der Waals surface area contributed by atoms with Gasteiger partial charge >= 0.3 is 5.97 Å². The van der Waals surface area contributed by atoms with Gasteiger partial charge in [-0.05, 0) is 6.92 Å². The molecule has 8 heavy (non-hydrogen) atoms. The Kier molecular flexibility index (Phi) is 8.37. The minimum atomic E-state index is -0.581. The predicted molar refractivity (Wildman–Crippen MR) is 32.7 cm³/mol. The summed E-state index contributed by atoms with van der Waals surface area (Å²) in [6.07, 6.45) is 0.642. The molecule has 0 atom stereocenters. The second kappa shape index (κ2) is 6.43. The van der Waals surface area contributed by atoms with Crippen molar-refractivity contribution in [2.75, 3.05) is 6.61 Å². The highest BCUT2D eigenvalue weighted by Gasteiger charge is 1.88. The van der Waals surface area contributed by atoms with Crippen molar-refractivity contribution in [2.24, 2.45) is 0 Å². The molecule has 0 saturated carbocycles. The fourth-order valence-electron chi connectivity index (χ4n) is 0.184. The number of nitrogens with one attached hydrogen (secondary N) is 1. The summed E-state index contributed by atoms with van der Waals surface area (Å²) in [5.74, 6) is -0.581. The van der Waals surface area contributed by atoms with Gasteiger partial charge < -0.3 is 10.1 Å². The molecular weight excluding hydrogens is 130 g/mol. The summed E-state index contributed by atoms with van der Waals surface area (Å²) in [7, 11) is 0. The number of ether oxygens (including phenoxy) is 1. The van der Waals surface area contributed by atoms with Crippen molar-refractivity contribution in [1.29, 1.82) is 5.41 Å². The van der Waals surface area contributed by atoms with Crippen LogP contribution in [0.25, 0.3) is 0 Å². The largest absolute Gasteiger partial charge is 0.462 e. The number of hydrogen-bond donors (Lipinski definition) is 1. The number of halogens is 1. The molecule has 3 nitrogen and oxygen atoms in total. The van der Waals surface area contributed by atoms with Gasteiger partial charge in [-0.1, -0.05) is 0 Å². The van der Waals surface area contributed by atoms with Gasteiger partial charge in [-0.25, -0.2) is 4.79 Å². The third kappa shape index (κ3) is 5.43. The van der Waals surface area contributed by atoms with Gasteiger partial charge in [0.05, 0.1) is 6.61 Å². The Morgan fingerprint density at radius 1 is 1.88 bits per heavy atom. The van der Waals surface area contributed by atoms with E-state index in [-0.39, 0.29) is 12.4 Å². The highest BCUT2D eigenvalue weighted by Crippen LogP contribution is 1.68. The molecule has 0 aliphatic carbocycles. The lowest BCUT2D eigenvalue weighted by Crippen LogP contribution is -2.02. The Morgan fingerprint density at radius 2 is 2.38 bits per heavy atom. The van der Waals surface area contributed by atoms with Gasteiger partial charge in [-0.15, -0.1) is 12.4 Å². The van der Waals surface area contributed by atoms with Crippen LogP contribution in [0.3, 0.4) is 0 Å². The molecule has 48 valence electrons. The zero-order valence-electron chi connectivity index (χ0n) is 4.51. The topological polar surface area (TPSA) is 50.2 Å². The van der Waals surface area contributed by atoms with Crippen molar-refractivity contribution in [1.82, 2.24) is 0 Å². The van der Waals surface area contributed by atoms with Crippen LogP contribution in [-0.2, 0) is 9.53 Å². The maximum atomic E-state index is 9.95. The van der Waals surface area contributed by atoms with Crippen LogP contribution in [0.1, 0.15) is 6.92 Å². The minimum absolute atomic E-state index is 0. The fourth-order valence-corrected chi connectivity index (χ4v) is 0.184. The Bertz CT molecular complexity index is 84.1. The van der Waals surface area contributed by atoms with Crippen LogP contribution < -0.4 is 0 Å². The fraction of sp³-hybridized carbons (Fsp3) is 0.500. The monoisotopic (exact) mass is 137 g/mol. The second-order valence-corrected chi connectivity index (χ2v) is 0.896. The van der Waals surface area contributed by atoms with Crippen molar-refractivity contribution in [3.63, 3.8) is 0 Å². The van der Waals surface area contributed by atoms with Crippen molar-refractivity contribution >= 4 is 24.6 Å². The van der Waals surface area contributed by atoms with Crippen LogP contribution >= 0.6 is 12.4 Å². The molecule has 0 aromatic carbocycles. The maximum Gasteiger partial charge on any atom is 0.348 e. The Morgan fingerprint density at radius 3 is 2.50 bits per heavy atom. The molecule has 0 aliphatic heterocycles. The zero-order valence-corrected chi connectivity index (χ0v) is 5.33. The lowest BCUT2D eigenvalue weighted by atomic mass is 10.7. The summed E-state index contributed by atoms with van der Waals surface area (Å²) in [6.45, 7) is 2.04. The molecule has 0 unspecified atom stereocenters. The number of rotatable bonds is 2. The molecule has 1 N–H and O–H groups in total. The van der Waals surface area contributed by atoms with Gasteiger partial charge in [0, 0.05) is 0 Å². The SMILES string of the molecule is CCOC(=O)C=N.Cl. The summed E-state index contributed by atoms with van der Waals surface area (Å²) in [5.41, 5.74) is 0. The third-order valence-electron chi connectivity index (χ3n) is 0.404. The summed E-state index contributed by atoms with van der Waals surface area (Å²) in [4.78, 5) is 9.95. The average molecular weight is 138 g/mol. The minimum Gasteiger partial charge on any atom is -0.462 e. The molecule has 0 spiro atoms. The molecule has 0 bridgehead atoms. The molecule has 0 aliphatic rings. The average Bonchev–Trinajstić information content (AvgIpc) is 1.68. The Labute approximate surface area is 53.9 Å². The quantitative estimate of drug-likeness (QED) is 0.448. The highest BCUT2D eigenvalue weighted by molar-refractivity contribution is 6.21. The molecular formula is C4H8ClNO2. The summed E-state index contributed by atoms with van der Waals surface area (Å²) < 4.78 is 4.31. The number of carbonyl (C=O) groups is 1. The van der Waals surface area contributed by atoms with Gasteiger partial charge in [0.2, 0.25) is 0 Å². The Balaban J connectivity index is 0. The van der Waals surface area contributed by atoms with E-state index in [0.717, 1.165) is 0 Å². The summed E-state index contributed by atoms with van der Waals surface area (Å²) in [6, 6.07) is 0. The van der Waals surface area contributed by atoms with Crippen molar-refractivity contribution in [3.05, 3.63) is 0 Å². The molecule has 0 radical (unpaired) electrons. The smallest absolute Gasteiger partial charge is 0.348 e. The molecule has 0 saturated heterocycles. The van der Waals surface area contributed by atoms with E-state index in [1.165, 1.54) is 0 Å². The van der Waals surface area contributed by atoms with E-state index < -0.39 is 5.97 Å². The van der Waals surface area contributed by atoms with Crippen molar-refractivity contribution in [3.8, 4) is 0 Å². The third-order valence-corrected chi connectivity index (χ3v) is 0.404. The van der Waals surface area contributed by atoms with Crippen molar-refractivity contribution in [2.45, 2.75) is 6.92 Å². The van der Waals surface area contributed by atoms with Gasteiger partial charge in [0.25, 0.3) is 0 Å². The van der Waals surface area contributed by atoms with E-state index in [1.54, 1.807) is 6.92 Å². The van der Waals surface area contributed by atoms with E-state index in [9.17, 15) is 4.79 Å². The molecule has 0 aromatic rings. The maximum absolute atomic E-state index is 9.95. The molecule has 4 heteroatoms. The van der Waals surface area contributed by atoms with Crippen molar-refractivity contribution < 1.29 is 9.53 Å². The van der Waals surface area contributed by atoms with E-state index in [1.807, 2.05) is 0 Å². The van der Waals surface area contributed by atoms with E-state index in [0.29, 0.717) is 12.8 Å². The first-order valence-corrected chi connectivity index (χ1v) is 1.98. The first-order chi connectivity index (χ1) is 3.31. The molecule has 0 rings (SSSR count). The summed E-state index contributed by atoms with van der Waals surface area (Å²) >= 11 is 0. The molecule has 0 aromatic heterocycles. The van der Waals surface area contributed by atoms with Crippen LogP contribution in [0, 0.1) is 5.41 Å². The lowest BCUT2D eigenvalue weighted by Gasteiger charge is -1.89. The van der Waals surface area contributed by atoms with E-state index in [4.69, 9.17) is 5.41 Å². The molecule has 0 heterocycles. The van der Waals surface area contributed by atoms with Crippen LogP contribution in [0.5, 0.6) is 0 Å². The first-order valence-electron chi connectivity index (χ1n) is 1.98. The predicted octanol–water partition coefficient (Wildman–Crippen LogP) is 0.621. The lowest BCUT2D eigenvalue weighted by molar-refractivity contribution is -0.134. The zero-order chi connectivity index (χ0) is 5.70. The van der Waals surface area contributed by atoms with Gasteiger partial charge in [-0.2, -0.15) is 0 Å². The highest BCUT2D eigenvalue weighted by atomic mass is 35.5. The number of esters is 1.